The number of H-pyrrole nitrogens is 1. The van der Waals surface area contributed by atoms with Gasteiger partial charge in [0.05, 0.1) is 23.3 Å². The third kappa shape index (κ3) is 10.1. The fourth-order valence-corrected chi connectivity index (χ4v) is 9.47. The number of nitrogens with two attached hydrogens (primary N) is 1. The zero-order chi connectivity index (χ0) is 43.9. The zero-order valence-corrected chi connectivity index (χ0v) is 37.1. The minimum Gasteiger partial charge on any atom is -0.507 e. The molecule has 2 saturated heterocycles. The van der Waals surface area contributed by atoms with Gasteiger partial charge in [-0.15, -0.1) is 20.4 Å². The Morgan fingerprint density at radius 1 is 0.623 bits per heavy atom. The quantitative estimate of drug-likeness (QED) is 0.0893. The Kier molecular flexibility index (Phi) is 11.6. The van der Waals surface area contributed by atoms with Crippen LogP contribution >= 0.6 is 0 Å². The lowest BCUT2D eigenvalue weighted by atomic mass is 9.79. The Labute approximate surface area is 358 Å². The van der Waals surface area contributed by atoms with E-state index in [1.54, 1.807) is 41.5 Å². The molecule has 6 heterocycles. The van der Waals surface area contributed by atoms with Crippen molar-refractivity contribution < 1.29 is 10.2 Å². The van der Waals surface area contributed by atoms with Gasteiger partial charge in [0.25, 0.3) is 0 Å². The molecule has 61 heavy (non-hydrogen) atoms. The van der Waals surface area contributed by atoms with Gasteiger partial charge in [0, 0.05) is 89.6 Å². The molecule has 15 heteroatoms. The van der Waals surface area contributed by atoms with Crippen LogP contribution in [0.5, 0.6) is 11.5 Å². The van der Waals surface area contributed by atoms with Gasteiger partial charge in [-0.2, -0.15) is 10.2 Å². The summed E-state index contributed by atoms with van der Waals surface area (Å²) in [7, 11) is 4.16. The second kappa shape index (κ2) is 16.4. The summed E-state index contributed by atoms with van der Waals surface area (Å²) < 4.78 is 1.62. The number of hydrogen-bond donors (Lipinski definition) is 6. The maximum Gasteiger partial charge on any atom is 0.151 e. The number of benzene rings is 2. The van der Waals surface area contributed by atoms with Crippen molar-refractivity contribution in [2.75, 3.05) is 29.6 Å². The highest BCUT2D eigenvalue weighted by atomic mass is 16.3. The van der Waals surface area contributed by atoms with Crippen molar-refractivity contribution >= 4 is 17.5 Å². The van der Waals surface area contributed by atoms with E-state index in [0.29, 0.717) is 40.4 Å². The molecule has 0 atom stereocenters. The predicted octanol–water partition coefficient (Wildman–Crippen LogP) is 7.35. The van der Waals surface area contributed by atoms with Crippen LogP contribution in [0.15, 0.2) is 85.3 Å². The largest absolute Gasteiger partial charge is 0.507 e. The lowest BCUT2D eigenvalue weighted by Gasteiger charge is -2.49. The number of hydrogen-bond acceptors (Lipinski definition) is 13. The van der Waals surface area contributed by atoms with Gasteiger partial charge in [-0.3, -0.25) is 5.10 Å². The fourth-order valence-electron chi connectivity index (χ4n) is 9.47. The molecule has 2 aromatic carbocycles. The SMILES string of the molecule is CN(c1ccc(-c2ccc(-c3cn[nH]c3)cc2O)nn1)C1CC(C)(C)NC(C)(C)C1.CN(c1ccc(-c2ccc(-n3ccc(N)n3)cc2O)nn1)C1CC(C)(C)NC(C)(C)C1. The van der Waals surface area contributed by atoms with Crippen LogP contribution in [0.4, 0.5) is 17.5 Å². The maximum atomic E-state index is 10.6. The number of anilines is 3. The summed E-state index contributed by atoms with van der Waals surface area (Å²) >= 11 is 0. The third-order valence-corrected chi connectivity index (χ3v) is 11.7. The zero-order valence-electron chi connectivity index (χ0n) is 37.1. The van der Waals surface area contributed by atoms with Gasteiger partial charge in [0.2, 0.25) is 0 Å². The van der Waals surface area contributed by atoms with Crippen molar-refractivity contribution in [2.24, 2.45) is 0 Å². The van der Waals surface area contributed by atoms with Crippen LogP contribution in [0.3, 0.4) is 0 Å². The van der Waals surface area contributed by atoms with Crippen LogP contribution in [0.1, 0.15) is 81.1 Å². The van der Waals surface area contributed by atoms with Crippen molar-refractivity contribution in [2.45, 2.75) is 115 Å². The summed E-state index contributed by atoms with van der Waals surface area (Å²) in [5, 5.41) is 57.2. The summed E-state index contributed by atoms with van der Waals surface area (Å²) in [6.45, 7) is 18.0. The normalized spacial score (nSPS) is 18.2. The summed E-state index contributed by atoms with van der Waals surface area (Å²) in [5.41, 5.74) is 11.0. The van der Waals surface area contributed by atoms with Gasteiger partial charge in [0.1, 0.15) is 17.3 Å². The molecule has 0 bridgehead atoms. The Balaban J connectivity index is 0.000000184. The summed E-state index contributed by atoms with van der Waals surface area (Å²) in [5.74, 6) is 2.38. The van der Waals surface area contributed by atoms with E-state index in [0.717, 1.165) is 54.1 Å². The van der Waals surface area contributed by atoms with E-state index in [1.807, 2.05) is 48.5 Å². The lowest BCUT2D eigenvalue weighted by molar-refractivity contribution is 0.160. The van der Waals surface area contributed by atoms with Gasteiger partial charge < -0.3 is 36.4 Å². The monoisotopic (exact) mass is 828 g/mol. The van der Waals surface area contributed by atoms with Crippen molar-refractivity contribution in [1.29, 1.82) is 0 Å². The molecule has 2 aliphatic rings. The maximum absolute atomic E-state index is 10.6. The second-order valence-corrected chi connectivity index (χ2v) is 19.3. The van der Waals surface area contributed by atoms with Crippen molar-refractivity contribution in [3.05, 3.63) is 85.3 Å². The summed E-state index contributed by atoms with van der Waals surface area (Å²) in [6.07, 6.45) is 9.38. The molecule has 15 nitrogen and oxygen atoms in total. The van der Waals surface area contributed by atoms with E-state index in [-0.39, 0.29) is 33.7 Å². The average molecular weight is 828 g/mol. The number of piperidine rings is 2. The molecule has 2 fully saturated rings. The first-order valence-electron chi connectivity index (χ1n) is 20.9. The molecule has 4 aromatic heterocycles. The molecule has 6 aromatic rings. The molecule has 8 rings (SSSR count). The first-order chi connectivity index (χ1) is 28.7. The highest BCUT2D eigenvalue weighted by molar-refractivity contribution is 5.74. The number of nitrogens with one attached hydrogen (secondary N) is 3. The first kappa shape index (κ1) is 43.0. The van der Waals surface area contributed by atoms with Crippen molar-refractivity contribution in [1.82, 2.24) is 51.0 Å². The third-order valence-electron chi connectivity index (χ3n) is 11.7. The van der Waals surface area contributed by atoms with Crippen molar-refractivity contribution in [3.8, 4) is 50.8 Å². The molecule has 2 aliphatic heterocycles. The Bertz CT molecular complexity index is 2390. The van der Waals surface area contributed by atoms with E-state index in [4.69, 9.17) is 5.73 Å². The summed E-state index contributed by atoms with van der Waals surface area (Å²) in [6, 6.07) is 21.1. The van der Waals surface area contributed by atoms with Gasteiger partial charge in [-0.25, -0.2) is 4.68 Å². The van der Waals surface area contributed by atoms with Gasteiger partial charge in [-0.05, 0) is 135 Å². The number of phenols is 2. The van der Waals surface area contributed by atoms with Gasteiger partial charge in [0.15, 0.2) is 11.6 Å². The van der Waals surface area contributed by atoms with Crippen LogP contribution in [0.2, 0.25) is 0 Å². The Hall–Kier alpha value is -6.06. The lowest BCUT2D eigenvalue weighted by Crippen LogP contribution is -2.62. The van der Waals surface area contributed by atoms with Crippen molar-refractivity contribution in [3.63, 3.8) is 0 Å². The van der Waals surface area contributed by atoms with E-state index in [1.165, 1.54) is 0 Å². The van der Waals surface area contributed by atoms with Gasteiger partial charge >= 0.3 is 0 Å². The highest BCUT2D eigenvalue weighted by Gasteiger charge is 2.40. The molecule has 0 unspecified atom stereocenters. The topological polar surface area (TPSA) is 195 Å². The van der Waals surface area contributed by atoms with E-state index in [2.05, 4.69) is 126 Å². The number of phenolic OH excluding ortho intramolecular Hbond substituents is 2. The first-order valence-corrected chi connectivity index (χ1v) is 20.9. The molecule has 322 valence electrons. The molecule has 0 aliphatic carbocycles. The fraction of sp³-hybridized carbons (Fsp3) is 0.435. The minimum absolute atomic E-state index is 0.0564. The smallest absolute Gasteiger partial charge is 0.151 e. The number of nitrogen functional groups attached to an aromatic ring is 1. The standard InChI is InChI=1S/C23H31N7O.C23H30N6O/c1-22(2)13-16(14-23(3,4)28-22)29(5)21-9-8-18(25-26-21)17-7-6-15(12-19(17)31)30-11-10-20(24)27-30;1-22(2)11-17(12-23(3,4)28-22)29(5)21-9-8-19(26-27-21)18-7-6-15(10-20(18)30)16-13-24-25-14-16/h6-12,16,28,31H,13-14H2,1-5H3,(H2,24,27);6-10,13-14,17,28,30H,11-12H2,1-5H3,(H,24,25). The van der Waals surface area contributed by atoms with Crippen LogP contribution in [0, 0.1) is 0 Å². The Morgan fingerprint density at radius 3 is 1.51 bits per heavy atom. The second-order valence-electron chi connectivity index (χ2n) is 19.3. The highest BCUT2D eigenvalue weighted by Crippen LogP contribution is 2.36. The average Bonchev–Trinajstić information content (AvgIpc) is 3.88. The Morgan fingerprint density at radius 2 is 1.11 bits per heavy atom. The number of rotatable bonds is 8. The molecule has 0 spiro atoms. The van der Waals surface area contributed by atoms with Crippen LogP contribution in [-0.2, 0) is 0 Å². The number of nitrogens with zero attached hydrogens (tertiary/aromatic N) is 9. The number of aromatic hydroxyl groups is 2. The minimum atomic E-state index is 0.0564. The number of aromatic nitrogens is 8. The summed E-state index contributed by atoms with van der Waals surface area (Å²) in [4.78, 5) is 4.44. The van der Waals surface area contributed by atoms with Crippen LogP contribution < -0.4 is 26.2 Å². The van der Waals surface area contributed by atoms with Crippen LogP contribution in [-0.4, -0.2) is 98.9 Å². The molecule has 0 saturated carbocycles. The molecule has 0 amide bonds. The van der Waals surface area contributed by atoms with E-state index < -0.39 is 0 Å². The van der Waals surface area contributed by atoms with Crippen LogP contribution in [0.25, 0.3) is 39.3 Å². The van der Waals surface area contributed by atoms with E-state index >= 15 is 0 Å². The molecular weight excluding hydrogens is 767 g/mol. The predicted molar refractivity (Wildman–Crippen MR) is 243 cm³/mol. The molecular formula is C46H61N13O2. The number of aromatic amines is 1. The molecule has 7 N–H and O–H groups in total. The molecule has 0 radical (unpaired) electrons. The van der Waals surface area contributed by atoms with E-state index in [9.17, 15) is 10.2 Å². The van der Waals surface area contributed by atoms with Gasteiger partial charge in [-0.1, -0.05) is 6.07 Å².